The van der Waals surface area contributed by atoms with Gasteiger partial charge in [-0.25, -0.2) is 0 Å². The summed E-state index contributed by atoms with van der Waals surface area (Å²) in [4.78, 5) is 0. The zero-order valence-electron chi connectivity index (χ0n) is 11.8. The number of halogens is 3. The van der Waals surface area contributed by atoms with Gasteiger partial charge in [-0.15, -0.1) is 0 Å². The van der Waals surface area contributed by atoms with Gasteiger partial charge in [-0.2, -0.15) is 18.3 Å². The molecule has 1 aliphatic rings. The zero-order chi connectivity index (χ0) is 15.7. The molecular formula is C13H20F3N3O2. The lowest BCUT2D eigenvalue weighted by Crippen LogP contribution is -2.49. The summed E-state index contributed by atoms with van der Waals surface area (Å²) in [6.45, 7) is -0.716. The topological polar surface area (TPSA) is 70.3 Å². The minimum Gasteiger partial charge on any atom is -0.396 e. The van der Waals surface area contributed by atoms with Gasteiger partial charge in [-0.05, 0) is 12.8 Å². The summed E-state index contributed by atoms with van der Waals surface area (Å²) in [5.41, 5.74) is 0.245. The Kier molecular flexibility index (Phi) is 4.60. The molecule has 5 nitrogen and oxygen atoms in total. The number of nitrogens with zero attached hydrogens (tertiary/aromatic N) is 2. The van der Waals surface area contributed by atoms with E-state index in [0.717, 1.165) is 24.8 Å². The van der Waals surface area contributed by atoms with Gasteiger partial charge in [0.05, 0.1) is 12.8 Å². The first-order valence-electron chi connectivity index (χ1n) is 6.86. The average Bonchev–Trinajstić information content (AvgIpc) is 2.77. The summed E-state index contributed by atoms with van der Waals surface area (Å²) in [5.74, 6) is 0. The Morgan fingerprint density at radius 2 is 2.14 bits per heavy atom. The summed E-state index contributed by atoms with van der Waals surface area (Å²) in [6.07, 6.45) is -1.39. The third kappa shape index (κ3) is 3.38. The van der Waals surface area contributed by atoms with Crippen molar-refractivity contribution in [2.45, 2.75) is 37.6 Å². The van der Waals surface area contributed by atoms with Gasteiger partial charge in [0.15, 0.2) is 6.10 Å². The van der Waals surface area contributed by atoms with E-state index in [0.29, 0.717) is 0 Å². The SMILES string of the molecule is Cn1cc(C(NCC(O)C(F)(F)F)C2(CO)CCC2)cn1. The van der Waals surface area contributed by atoms with Crippen LogP contribution in [0.2, 0.25) is 0 Å². The van der Waals surface area contributed by atoms with E-state index in [-0.39, 0.29) is 6.61 Å². The largest absolute Gasteiger partial charge is 0.415 e. The number of aryl methyl sites for hydroxylation is 1. The molecule has 0 radical (unpaired) electrons. The number of aromatic nitrogens is 2. The summed E-state index contributed by atoms with van der Waals surface area (Å²) < 4.78 is 38.8. The predicted octanol–water partition coefficient (Wildman–Crippen LogP) is 1.14. The normalized spacial score (nSPS) is 20.9. The number of hydrogen-bond acceptors (Lipinski definition) is 4. The number of hydrogen-bond donors (Lipinski definition) is 3. The van der Waals surface area contributed by atoms with E-state index >= 15 is 0 Å². The number of nitrogens with one attached hydrogen (secondary N) is 1. The highest BCUT2D eigenvalue weighted by atomic mass is 19.4. The molecule has 1 aromatic rings. The lowest BCUT2D eigenvalue weighted by Gasteiger charge is -2.47. The molecule has 1 saturated carbocycles. The Labute approximate surface area is 120 Å². The van der Waals surface area contributed by atoms with Crippen LogP contribution in [-0.4, -0.2) is 45.4 Å². The van der Waals surface area contributed by atoms with Gasteiger partial charge in [-0.3, -0.25) is 4.68 Å². The Hall–Kier alpha value is -1.12. The van der Waals surface area contributed by atoms with Crippen molar-refractivity contribution in [1.82, 2.24) is 15.1 Å². The molecule has 1 fully saturated rings. The van der Waals surface area contributed by atoms with Gasteiger partial charge in [-0.1, -0.05) is 6.42 Å². The van der Waals surface area contributed by atoms with Crippen LogP contribution in [0.15, 0.2) is 12.4 Å². The fourth-order valence-electron chi connectivity index (χ4n) is 2.79. The molecule has 3 N–H and O–H groups in total. The maximum absolute atomic E-state index is 12.4. The predicted molar refractivity (Wildman–Crippen MR) is 69.4 cm³/mol. The minimum absolute atomic E-state index is 0.109. The molecule has 0 aliphatic heterocycles. The van der Waals surface area contributed by atoms with Gasteiger partial charge in [0.25, 0.3) is 0 Å². The lowest BCUT2D eigenvalue weighted by atomic mass is 9.63. The Bertz CT molecular complexity index is 466. The fraction of sp³-hybridized carbons (Fsp3) is 0.769. The molecule has 1 aliphatic carbocycles. The first-order valence-corrected chi connectivity index (χ1v) is 6.86. The van der Waals surface area contributed by atoms with Gasteiger partial charge >= 0.3 is 6.18 Å². The molecule has 120 valence electrons. The van der Waals surface area contributed by atoms with Crippen molar-refractivity contribution in [3.63, 3.8) is 0 Å². The smallest absolute Gasteiger partial charge is 0.396 e. The van der Waals surface area contributed by atoms with E-state index in [1.165, 1.54) is 0 Å². The highest BCUT2D eigenvalue weighted by molar-refractivity contribution is 5.17. The van der Waals surface area contributed by atoms with Crippen LogP contribution in [0.4, 0.5) is 13.2 Å². The van der Waals surface area contributed by atoms with Crippen LogP contribution in [0.5, 0.6) is 0 Å². The molecule has 0 spiro atoms. The molecule has 8 heteroatoms. The van der Waals surface area contributed by atoms with Gasteiger partial charge in [0.2, 0.25) is 0 Å². The quantitative estimate of drug-likeness (QED) is 0.737. The van der Waals surface area contributed by atoms with Crippen LogP contribution in [-0.2, 0) is 7.05 Å². The Morgan fingerprint density at radius 1 is 1.48 bits per heavy atom. The van der Waals surface area contributed by atoms with Crippen LogP contribution in [0.25, 0.3) is 0 Å². The van der Waals surface area contributed by atoms with Crippen molar-refractivity contribution in [1.29, 1.82) is 0 Å². The van der Waals surface area contributed by atoms with Crippen molar-refractivity contribution in [3.8, 4) is 0 Å². The van der Waals surface area contributed by atoms with Crippen molar-refractivity contribution in [3.05, 3.63) is 18.0 Å². The number of aliphatic hydroxyl groups excluding tert-OH is 2. The number of aliphatic hydroxyl groups is 2. The van der Waals surface area contributed by atoms with Crippen LogP contribution in [0.1, 0.15) is 30.9 Å². The standard InChI is InChI=1S/C13H20F3N3O2/c1-19-7-9(5-18-19)11(12(8-20)3-2-4-12)17-6-10(21)13(14,15)16/h5,7,10-11,17,20-21H,2-4,6,8H2,1H3. The molecule has 2 unspecified atom stereocenters. The molecule has 21 heavy (non-hydrogen) atoms. The van der Waals surface area contributed by atoms with Crippen LogP contribution in [0.3, 0.4) is 0 Å². The molecule has 2 atom stereocenters. The van der Waals surface area contributed by atoms with Crippen molar-refractivity contribution < 1.29 is 23.4 Å². The first kappa shape index (κ1) is 16.3. The summed E-state index contributed by atoms with van der Waals surface area (Å²) in [7, 11) is 1.72. The second-order valence-electron chi connectivity index (χ2n) is 5.72. The molecule has 0 aromatic carbocycles. The second kappa shape index (κ2) is 5.94. The van der Waals surface area contributed by atoms with E-state index in [1.807, 2.05) is 0 Å². The average molecular weight is 307 g/mol. The maximum atomic E-state index is 12.4. The number of rotatable bonds is 6. The van der Waals surface area contributed by atoms with E-state index in [2.05, 4.69) is 10.4 Å². The van der Waals surface area contributed by atoms with Gasteiger partial charge in [0.1, 0.15) is 0 Å². The zero-order valence-corrected chi connectivity index (χ0v) is 11.8. The van der Waals surface area contributed by atoms with Crippen molar-refractivity contribution in [2.75, 3.05) is 13.2 Å². The van der Waals surface area contributed by atoms with E-state index < -0.39 is 30.3 Å². The fourth-order valence-corrected chi connectivity index (χ4v) is 2.79. The highest BCUT2D eigenvalue weighted by Gasteiger charge is 2.46. The number of alkyl halides is 3. The van der Waals surface area contributed by atoms with Gasteiger partial charge < -0.3 is 15.5 Å². The maximum Gasteiger partial charge on any atom is 0.415 e. The highest BCUT2D eigenvalue weighted by Crippen LogP contribution is 2.49. The van der Waals surface area contributed by atoms with Crippen LogP contribution < -0.4 is 5.32 Å². The van der Waals surface area contributed by atoms with E-state index in [9.17, 15) is 18.3 Å². The molecule has 0 amide bonds. The lowest BCUT2D eigenvalue weighted by molar-refractivity contribution is -0.203. The molecule has 1 aromatic heterocycles. The van der Waals surface area contributed by atoms with Crippen LogP contribution in [0, 0.1) is 5.41 Å². The van der Waals surface area contributed by atoms with Gasteiger partial charge in [0, 0.05) is 36.8 Å². The second-order valence-corrected chi connectivity index (χ2v) is 5.72. The Morgan fingerprint density at radius 3 is 2.52 bits per heavy atom. The summed E-state index contributed by atoms with van der Waals surface area (Å²) >= 11 is 0. The first-order chi connectivity index (χ1) is 9.78. The molecule has 2 rings (SSSR count). The summed E-state index contributed by atoms with van der Waals surface area (Å²) in [5, 5.41) is 25.6. The third-order valence-corrected chi connectivity index (χ3v) is 4.23. The van der Waals surface area contributed by atoms with Crippen LogP contribution >= 0.6 is 0 Å². The Balaban J connectivity index is 2.13. The monoisotopic (exact) mass is 307 g/mol. The summed E-state index contributed by atoms with van der Waals surface area (Å²) in [6, 6.07) is -0.457. The van der Waals surface area contributed by atoms with Crippen molar-refractivity contribution >= 4 is 0 Å². The molecule has 0 saturated heterocycles. The van der Waals surface area contributed by atoms with E-state index in [1.54, 1.807) is 24.1 Å². The molecular weight excluding hydrogens is 287 g/mol. The molecule has 0 bridgehead atoms. The molecule has 1 heterocycles. The van der Waals surface area contributed by atoms with Crippen molar-refractivity contribution in [2.24, 2.45) is 12.5 Å². The minimum atomic E-state index is -4.65. The third-order valence-electron chi connectivity index (χ3n) is 4.23. The van der Waals surface area contributed by atoms with E-state index in [4.69, 9.17) is 5.11 Å².